The summed E-state index contributed by atoms with van der Waals surface area (Å²) in [6.07, 6.45) is 2.55. The molecule has 14 rings (SSSR count). The number of fused-ring (bicyclic) bond motifs is 2. The molecule has 2 N–H and O–H groups in total. The molecule has 1 amide bonds. The average Bonchev–Trinajstić information content (AvgIpc) is 1.32. The third-order valence-electron chi connectivity index (χ3n) is 16.7. The summed E-state index contributed by atoms with van der Waals surface area (Å²) in [5, 5.41) is 42.8. The number of pyridine rings is 2. The van der Waals surface area contributed by atoms with Gasteiger partial charge in [0.1, 0.15) is 51.0 Å². The van der Waals surface area contributed by atoms with Crippen molar-refractivity contribution in [3.05, 3.63) is 117 Å². The first-order chi connectivity index (χ1) is 40.6. The molecule has 0 bridgehead atoms. The number of carbonyl (C=O) groups is 1. The van der Waals surface area contributed by atoms with Gasteiger partial charge in [0, 0.05) is 124 Å². The van der Waals surface area contributed by atoms with Crippen LogP contribution in [0.25, 0.3) is 33.5 Å². The van der Waals surface area contributed by atoms with Crippen LogP contribution in [0.3, 0.4) is 0 Å². The third-order valence-corrected chi connectivity index (χ3v) is 18.7. The normalized spacial score (nSPS) is 18.9. The summed E-state index contributed by atoms with van der Waals surface area (Å²) in [4.78, 5) is 33.8. The van der Waals surface area contributed by atoms with E-state index in [0.717, 1.165) is 128 Å². The summed E-state index contributed by atoms with van der Waals surface area (Å²) < 4.78 is 46.7. The summed E-state index contributed by atoms with van der Waals surface area (Å²) >= 11 is 2.65. The summed E-state index contributed by atoms with van der Waals surface area (Å²) in [6.45, 7) is 18.3. The molecule has 6 fully saturated rings. The number of aryl methyl sites for hydroxylation is 4. The molecular formula is C61H66F2N14O5S2. The number of anilines is 6. The predicted octanol–water partition coefficient (Wildman–Crippen LogP) is 9.44. The van der Waals surface area contributed by atoms with Gasteiger partial charge in [-0.2, -0.15) is 20.7 Å². The maximum atomic E-state index is 13.5. The average molecular weight is 1180 g/mol. The lowest BCUT2D eigenvalue weighted by molar-refractivity contribution is -0.0324. The van der Waals surface area contributed by atoms with Gasteiger partial charge in [0.25, 0.3) is 0 Å². The number of aliphatic hydroxyl groups excluding tert-OH is 1. The fraction of sp³-hybridized carbons (Fsp3) is 0.426. The van der Waals surface area contributed by atoms with Gasteiger partial charge in [0.2, 0.25) is 0 Å². The standard InChI is InChI=1S/C31H32FN7O3S.C26H26FN7S.C4H8O2/c1-4-24-28(36(3)29-34-27(26(13-33)43-29)20-5-7-21(32)8-6-20)25-12-22(11-19(2)39(25)35-24)37-15-31(16-37)17-38(18-31)30(40)42-23-9-10-41-14-23;1-4-20-24(32(3)25-30-23(22(11-28)35-25)17-5-7-18(27)8-6-17)21-10-19(9-16(2)34(21)31-20)33-14-26(15-33)12-29-13-26;5-4-1-2-6-3-4/h5-8,11-12,23H,4,9-10,14-18H2,1-3H3;5-10,29H,4,12-15H2,1-3H3;4-5H,1-3H2. The van der Waals surface area contributed by atoms with E-state index >= 15 is 0 Å². The maximum Gasteiger partial charge on any atom is 0.410 e. The van der Waals surface area contributed by atoms with Crippen LogP contribution >= 0.6 is 22.7 Å². The second kappa shape index (κ2) is 23.0. The zero-order valence-corrected chi connectivity index (χ0v) is 49.5. The quantitative estimate of drug-likeness (QED) is 0.124. The Hall–Kier alpha value is -7.77. The van der Waals surface area contributed by atoms with Crippen LogP contribution in [0.1, 0.15) is 59.2 Å². The molecule has 23 heteroatoms. The molecule has 2 unspecified atom stereocenters. The largest absolute Gasteiger partial charge is 0.444 e. The number of nitriles is 2. The highest BCUT2D eigenvalue weighted by Gasteiger charge is 2.54. The van der Waals surface area contributed by atoms with Crippen molar-refractivity contribution in [1.82, 2.24) is 39.4 Å². The van der Waals surface area contributed by atoms with Crippen molar-refractivity contribution in [3.63, 3.8) is 0 Å². The highest BCUT2D eigenvalue weighted by molar-refractivity contribution is 7.17. The number of amides is 1. The number of hydrogen-bond donors (Lipinski definition) is 2. The van der Waals surface area contributed by atoms with Crippen LogP contribution in [0, 0.1) is 59.0 Å². The Balaban J connectivity index is 0.000000153. The SMILES string of the molecule is CCc1nn2c(C)cc(N3CC4(CN(C(=O)OC5CCOC5)C4)C3)cc2c1N(C)c1nc(-c2ccc(F)cc2)c(C#N)s1.CCc1nn2c(C)cc(N3CC4(CNC4)C3)cc2c1N(C)c1nc(-c2ccc(F)cc2)c(C#N)s1.OC1CCOC1. The number of aromatic nitrogens is 6. The molecule has 0 aliphatic carbocycles. The Morgan fingerprint density at radius 1 is 0.714 bits per heavy atom. The van der Waals surface area contributed by atoms with Crippen LogP contribution in [0.4, 0.5) is 46.6 Å². The molecule has 84 heavy (non-hydrogen) atoms. The molecule has 8 aromatic rings. The van der Waals surface area contributed by atoms with Gasteiger partial charge in [0.05, 0.1) is 59.7 Å². The Kier molecular flexibility index (Phi) is 15.5. The van der Waals surface area contributed by atoms with E-state index in [1.165, 1.54) is 52.6 Å². The topological polar surface area (TPSA) is 201 Å². The molecule has 6 aromatic heterocycles. The fourth-order valence-corrected chi connectivity index (χ4v) is 13.8. The minimum Gasteiger partial charge on any atom is -0.444 e. The first-order valence-corrected chi connectivity index (χ1v) is 30.1. The summed E-state index contributed by atoms with van der Waals surface area (Å²) in [5.74, 6) is -0.647. The highest BCUT2D eigenvalue weighted by atomic mass is 32.1. The smallest absolute Gasteiger partial charge is 0.410 e. The van der Waals surface area contributed by atoms with Crippen molar-refractivity contribution in [2.75, 3.05) is 112 Å². The Morgan fingerprint density at radius 3 is 1.56 bits per heavy atom. The van der Waals surface area contributed by atoms with Crippen molar-refractivity contribution in [3.8, 4) is 34.7 Å². The molecule has 6 saturated heterocycles. The van der Waals surface area contributed by atoms with E-state index in [9.17, 15) is 24.1 Å². The molecule has 2 aromatic carbocycles. The molecule has 2 atom stereocenters. The molecule has 2 spiro atoms. The van der Waals surface area contributed by atoms with Gasteiger partial charge in [-0.05, 0) is 106 Å². The zero-order valence-electron chi connectivity index (χ0n) is 47.9. The van der Waals surface area contributed by atoms with Crippen LogP contribution in [0.5, 0.6) is 0 Å². The van der Waals surface area contributed by atoms with E-state index < -0.39 is 0 Å². The lowest BCUT2D eigenvalue weighted by atomic mass is 9.73. The zero-order chi connectivity index (χ0) is 58.6. The van der Waals surface area contributed by atoms with Crippen molar-refractivity contribution >= 4 is 72.8 Å². The number of carbonyl (C=O) groups excluding carboxylic acids is 1. The summed E-state index contributed by atoms with van der Waals surface area (Å²) in [5.41, 5.74) is 13.4. The van der Waals surface area contributed by atoms with Gasteiger partial charge in [-0.15, -0.1) is 0 Å². The minimum atomic E-state index is -0.333. The van der Waals surface area contributed by atoms with Gasteiger partial charge in [-0.3, -0.25) is 0 Å². The summed E-state index contributed by atoms with van der Waals surface area (Å²) in [7, 11) is 3.93. The third kappa shape index (κ3) is 10.8. The number of benzene rings is 2. The number of halogens is 2. The molecule has 6 aliphatic heterocycles. The number of nitrogens with one attached hydrogen (secondary N) is 1. The second-order valence-corrected chi connectivity index (χ2v) is 24.8. The van der Waals surface area contributed by atoms with Crippen molar-refractivity contribution in [2.24, 2.45) is 10.8 Å². The van der Waals surface area contributed by atoms with E-state index in [1.54, 1.807) is 29.2 Å². The van der Waals surface area contributed by atoms with Crippen molar-refractivity contribution < 1.29 is 32.9 Å². The Morgan fingerprint density at radius 2 is 1.18 bits per heavy atom. The molecule has 12 heterocycles. The highest BCUT2D eigenvalue weighted by Crippen LogP contribution is 2.46. The van der Waals surface area contributed by atoms with E-state index in [1.807, 2.05) is 32.9 Å². The predicted molar refractivity (Wildman–Crippen MR) is 320 cm³/mol. The molecule has 0 radical (unpaired) electrons. The van der Waals surface area contributed by atoms with Crippen molar-refractivity contribution in [2.45, 2.75) is 65.6 Å². The van der Waals surface area contributed by atoms with E-state index in [-0.39, 0.29) is 35.4 Å². The number of thiazole rings is 2. The molecule has 6 aliphatic rings. The fourth-order valence-electron chi connectivity index (χ4n) is 12.1. The van der Waals surface area contributed by atoms with Crippen LogP contribution in [-0.2, 0) is 27.1 Å². The molecule has 19 nitrogen and oxygen atoms in total. The van der Waals surface area contributed by atoms with Gasteiger partial charge in [0.15, 0.2) is 10.3 Å². The van der Waals surface area contributed by atoms with Crippen LogP contribution < -0.4 is 24.9 Å². The second-order valence-electron chi connectivity index (χ2n) is 22.9. The van der Waals surface area contributed by atoms with Gasteiger partial charge >= 0.3 is 6.09 Å². The van der Waals surface area contributed by atoms with Crippen molar-refractivity contribution in [1.29, 1.82) is 10.5 Å². The Labute approximate surface area is 493 Å². The summed E-state index contributed by atoms with van der Waals surface area (Å²) in [6, 6.07) is 25.4. The van der Waals surface area contributed by atoms with Gasteiger partial charge < -0.3 is 49.1 Å². The maximum absolute atomic E-state index is 13.5. The van der Waals surface area contributed by atoms with E-state index in [0.29, 0.717) is 75.3 Å². The molecule has 436 valence electrons. The number of aliphatic hydroxyl groups is 1. The molecule has 0 saturated carbocycles. The van der Waals surface area contributed by atoms with Gasteiger partial charge in [-0.25, -0.2) is 32.6 Å². The van der Waals surface area contributed by atoms with Crippen LogP contribution in [-0.4, -0.2) is 150 Å². The Bertz CT molecular complexity index is 3830. The van der Waals surface area contributed by atoms with Gasteiger partial charge in [-0.1, -0.05) is 36.5 Å². The van der Waals surface area contributed by atoms with Crippen LogP contribution in [0.2, 0.25) is 0 Å². The molecular weight excluding hydrogens is 1110 g/mol. The van der Waals surface area contributed by atoms with Crippen LogP contribution in [0.15, 0.2) is 72.8 Å². The van der Waals surface area contributed by atoms with E-state index in [4.69, 9.17) is 39.5 Å². The number of likely N-dealkylation sites (tertiary alicyclic amines) is 1. The lowest BCUT2D eigenvalue weighted by Gasteiger charge is -2.60. The first kappa shape index (κ1) is 56.7. The number of hydrogen-bond acceptors (Lipinski definition) is 18. The lowest BCUT2D eigenvalue weighted by Crippen LogP contribution is -2.73. The number of nitrogens with zero attached hydrogens (tertiary/aromatic N) is 13. The monoisotopic (exact) mass is 1180 g/mol. The number of rotatable bonds is 11. The first-order valence-electron chi connectivity index (χ1n) is 28.4. The van der Waals surface area contributed by atoms with E-state index in [2.05, 4.69) is 79.2 Å². The minimum absolute atomic E-state index is 0.102. The number of ether oxygens (including phenoxy) is 3.